The van der Waals surface area contributed by atoms with E-state index < -0.39 is 6.10 Å². The summed E-state index contributed by atoms with van der Waals surface area (Å²) in [5.41, 5.74) is 1.03. The maximum absolute atomic E-state index is 12.8. The number of carbonyl (C=O) groups excluding carboxylic acids is 1. The first-order valence-electron chi connectivity index (χ1n) is 9.36. The molecule has 0 bridgehead atoms. The Labute approximate surface area is 156 Å². The molecule has 1 spiro atoms. The number of thiophene rings is 1. The molecule has 5 rings (SSSR count). The van der Waals surface area contributed by atoms with Crippen LogP contribution in [0.5, 0.6) is 0 Å². The average Bonchev–Trinajstić information content (AvgIpc) is 3.34. The zero-order valence-electron chi connectivity index (χ0n) is 14.5. The number of rotatable bonds is 2. The summed E-state index contributed by atoms with van der Waals surface area (Å²) in [6.45, 7) is 3.25. The van der Waals surface area contributed by atoms with Crippen molar-refractivity contribution in [2.75, 3.05) is 32.9 Å². The predicted molar refractivity (Wildman–Crippen MR) is 94.5 cm³/mol. The van der Waals surface area contributed by atoms with Crippen LogP contribution in [0.3, 0.4) is 0 Å². The van der Waals surface area contributed by atoms with Crippen LogP contribution in [0.2, 0.25) is 0 Å². The Bertz CT molecular complexity index is 702. The second-order valence-electron chi connectivity index (χ2n) is 7.55. The number of fused-ring (bicyclic) bond motifs is 3. The molecule has 1 aromatic rings. The highest BCUT2D eigenvalue weighted by Crippen LogP contribution is 2.44. The molecular formula is C18H24N2O5S. The fourth-order valence-electron chi connectivity index (χ4n) is 4.58. The van der Waals surface area contributed by atoms with Crippen molar-refractivity contribution in [2.24, 2.45) is 0 Å². The monoisotopic (exact) mass is 380 g/mol. The minimum absolute atomic E-state index is 0.0901. The van der Waals surface area contributed by atoms with Crippen molar-refractivity contribution in [1.29, 1.82) is 0 Å². The van der Waals surface area contributed by atoms with Gasteiger partial charge in [0.1, 0.15) is 23.9 Å². The van der Waals surface area contributed by atoms with Crippen LogP contribution >= 0.6 is 11.3 Å². The molecule has 1 aromatic heterocycles. The van der Waals surface area contributed by atoms with Gasteiger partial charge in [0.05, 0.1) is 30.7 Å². The van der Waals surface area contributed by atoms with Crippen LogP contribution in [0.15, 0.2) is 6.07 Å². The highest BCUT2D eigenvalue weighted by atomic mass is 32.1. The van der Waals surface area contributed by atoms with Crippen molar-refractivity contribution in [3.8, 4) is 0 Å². The number of carbonyl (C=O) groups is 1. The molecule has 4 aliphatic rings. The zero-order chi connectivity index (χ0) is 17.7. The summed E-state index contributed by atoms with van der Waals surface area (Å²) < 4.78 is 17.4. The molecule has 0 unspecified atom stereocenters. The largest absolute Gasteiger partial charge is 0.388 e. The van der Waals surface area contributed by atoms with E-state index in [1.807, 2.05) is 6.07 Å². The molecule has 0 aromatic carbocycles. The molecule has 0 saturated carbocycles. The SMILES string of the molecule is O=C(N[C@@H]1CO[C@H]2[C@@H]1OC[C@H]2O)c1cc2c(s1)C1(CCNCC1)OCC2. The Morgan fingerprint density at radius 2 is 2.08 bits per heavy atom. The number of aliphatic hydroxyl groups excluding tert-OH is 1. The average molecular weight is 380 g/mol. The van der Waals surface area contributed by atoms with E-state index >= 15 is 0 Å². The van der Waals surface area contributed by atoms with E-state index in [1.54, 1.807) is 11.3 Å². The second-order valence-corrected chi connectivity index (χ2v) is 8.60. The molecule has 5 heterocycles. The maximum atomic E-state index is 12.8. The van der Waals surface area contributed by atoms with Crippen molar-refractivity contribution >= 4 is 17.2 Å². The molecule has 3 saturated heterocycles. The molecule has 3 fully saturated rings. The van der Waals surface area contributed by atoms with Gasteiger partial charge in [0.2, 0.25) is 0 Å². The standard InChI is InChI=1S/C18H24N2O5S/c21-12-9-24-14-11(8-23-15(12)14)20-17(22)13-7-10-1-6-25-18(16(10)26-13)2-4-19-5-3-18/h7,11-12,14-15,19,21H,1-6,8-9H2,(H,20,22)/t11-,12-,14-,15-/m1/s1. The summed E-state index contributed by atoms with van der Waals surface area (Å²) in [6, 6.07) is 1.81. The van der Waals surface area contributed by atoms with Crippen molar-refractivity contribution < 1.29 is 24.1 Å². The molecule has 3 N–H and O–H groups in total. The van der Waals surface area contributed by atoms with Gasteiger partial charge in [0.15, 0.2) is 0 Å². The van der Waals surface area contributed by atoms with Crippen molar-refractivity contribution in [3.05, 3.63) is 21.4 Å². The number of hydrogen-bond acceptors (Lipinski definition) is 7. The van der Waals surface area contributed by atoms with Crippen LogP contribution in [-0.2, 0) is 26.2 Å². The summed E-state index contributed by atoms with van der Waals surface area (Å²) in [6.07, 6.45) is 1.57. The molecule has 0 radical (unpaired) electrons. The van der Waals surface area contributed by atoms with Crippen LogP contribution in [-0.4, -0.2) is 68.3 Å². The van der Waals surface area contributed by atoms with Gasteiger partial charge in [0.25, 0.3) is 5.91 Å². The fourth-order valence-corrected chi connectivity index (χ4v) is 5.89. The number of amides is 1. The Balaban J connectivity index is 1.34. The number of ether oxygens (including phenoxy) is 3. The van der Waals surface area contributed by atoms with Gasteiger partial charge < -0.3 is 30.0 Å². The number of piperidine rings is 1. The van der Waals surface area contributed by atoms with E-state index in [1.165, 1.54) is 10.4 Å². The fraction of sp³-hybridized carbons (Fsp3) is 0.722. The minimum Gasteiger partial charge on any atom is -0.388 e. The van der Waals surface area contributed by atoms with Crippen molar-refractivity contribution in [3.63, 3.8) is 0 Å². The lowest BCUT2D eigenvalue weighted by Crippen LogP contribution is -2.44. The van der Waals surface area contributed by atoms with E-state index in [4.69, 9.17) is 14.2 Å². The summed E-state index contributed by atoms with van der Waals surface area (Å²) in [7, 11) is 0. The third-order valence-corrected chi connectivity index (χ3v) is 7.31. The van der Waals surface area contributed by atoms with E-state index in [9.17, 15) is 9.90 Å². The molecule has 7 nitrogen and oxygen atoms in total. The van der Waals surface area contributed by atoms with E-state index in [0.717, 1.165) is 43.8 Å². The van der Waals surface area contributed by atoms with Crippen molar-refractivity contribution in [1.82, 2.24) is 10.6 Å². The summed E-state index contributed by atoms with van der Waals surface area (Å²) in [5.74, 6) is -0.0901. The van der Waals surface area contributed by atoms with E-state index in [-0.39, 0.29) is 36.4 Å². The maximum Gasteiger partial charge on any atom is 0.261 e. The number of aliphatic hydroxyl groups is 1. The second kappa shape index (κ2) is 6.54. The van der Waals surface area contributed by atoms with Gasteiger partial charge >= 0.3 is 0 Å². The molecule has 142 valence electrons. The summed E-state index contributed by atoms with van der Waals surface area (Å²) in [4.78, 5) is 14.8. The minimum atomic E-state index is -0.604. The third-order valence-electron chi connectivity index (χ3n) is 5.95. The van der Waals surface area contributed by atoms with Gasteiger partial charge in [-0.2, -0.15) is 0 Å². The third kappa shape index (κ3) is 2.71. The Morgan fingerprint density at radius 1 is 1.27 bits per heavy atom. The molecule has 1 amide bonds. The molecular weight excluding hydrogens is 356 g/mol. The van der Waals surface area contributed by atoms with E-state index in [0.29, 0.717) is 6.61 Å². The van der Waals surface area contributed by atoms with Crippen LogP contribution in [0.4, 0.5) is 0 Å². The van der Waals surface area contributed by atoms with Gasteiger partial charge in [0, 0.05) is 4.88 Å². The lowest BCUT2D eigenvalue weighted by Gasteiger charge is -2.40. The molecule has 4 aliphatic heterocycles. The first-order chi connectivity index (χ1) is 12.7. The first kappa shape index (κ1) is 17.1. The Morgan fingerprint density at radius 3 is 2.92 bits per heavy atom. The van der Waals surface area contributed by atoms with Gasteiger partial charge in [-0.1, -0.05) is 0 Å². The molecule has 4 atom stereocenters. The topological polar surface area (TPSA) is 89.1 Å². The number of hydrogen-bond donors (Lipinski definition) is 3. The lowest BCUT2D eigenvalue weighted by molar-refractivity contribution is -0.0771. The molecule has 0 aliphatic carbocycles. The normalized spacial score (nSPS) is 35.3. The predicted octanol–water partition coefficient (Wildman–Crippen LogP) is 0.156. The Hall–Kier alpha value is -1.03. The van der Waals surface area contributed by atoms with Gasteiger partial charge in [-0.15, -0.1) is 11.3 Å². The van der Waals surface area contributed by atoms with Crippen LogP contribution in [0.1, 0.15) is 33.0 Å². The quantitative estimate of drug-likeness (QED) is 0.677. The number of nitrogens with one attached hydrogen (secondary N) is 2. The zero-order valence-corrected chi connectivity index (χ0v) is 15.3. The Kier molecular flexibility index (Phi) is 4.30. The van der Waals surface area contributed by atoms with E-state index in [2.05, 4.69) is 10.6 Å². The highest BCUT2D eigenvalue weighted by Gasteiger charge is 2.48. The van der Waals surface area contributed by atoms with Crippen LogP contribution in [0.25, 0.3) is 0 Å². The lowest BCUT2D eigenvalue weighted by atomic mass is 9.86. The molecule has 26 heavy (non-hydrogen) atoms. The van der Waals surface area contributed by atoms with Crippen LogP contribution < -0.4 is 10.6 Å². The van der Waals surface area contributed by atoms with Gasteiger partial charge in [-0.05, 0) is 44.0 Å². The first-order valence-corrected chi connectivity index (χ1v) is 10.2. The van der Waals surface area contributed by atoms with Crippen LogP contribution in [0, 0.1) is 0 Å². The smallest absolute Gasteiger partial charge is 0.261 e. The van der Waals surface area contributed by atoms with Crippen molar-refractivity contribution in [2.45, 2.75) is 49.2 Å². The van der Waals surface area contributed by atoms with Gasteiger partial charge in [-0.3, -0.25) is 4.79 Å². The summed E-state index contributed by atoms with van der Waals surface area (Å²) in [5, 5.41) is 16.3. The molecule has 8 heteroatoms. The summed E-state index contributed by atoms with van der Waals surface area (Å²) >= 11 is 1.56. The van der Waals surface area contributed by atoms with Gasteiger partial charge in [-0.25, -0.2) is 0 Å². The highest BCUT2D eigenvalue weighted by molar-refractivity contribution is 7.14.